The van der Waals surface area contributed by atoms with E-state index in [2.05, 4.69) is 52.1 Å². The first-order valence-corrected chi connectivity index (χ1v) is 7.44. The largest absolute Gasteiger partial charge is 0.493 e. The predicted octanol–water partition coefficient (Wildman–Crippen LogP) is 4.16. The normalized spacial score (nSPS) is 11.1. The fraction of sp³-hybridized carbons (Fsp3) is 0.647. The number of aryl methyl sites for hydroxylation is 2. The van der Waals surface area contributed by atoms with Gasteiger partial charge >= 0.3 is 0 Å². The van der Waals surface area contributed by atoms with E-state index in [0.29, 0.717) is 6.04 Å². The summed E-state index contributed by atoms with van der Waals surface area (Å²) < 4.78 is 5.91. The molecule has 0 spiro atoms. The molecule has 0 amide bonds. The molecule has 108 valence electrons. The van der Waals surface area contributed by atoms with Crippen LogP contribution >= 0.6 is 0 Å². The summed E-state index contributed by atoms with van der Waals surface area (Å²) in [5.74, 6) is 1.05. The smallest absolute Gasteiger partial charge is 0.122 e. The van der Waals surface area contributed by atoms with Crippen LogP contribution in [0.4, 0.5) is 0 Å². The third kappa shape index (κ3) is 6.11. The standard InChI is InChI=1S/C17H29NO/c1-13(2)18-9-7-6-8-10-19-17-12-14(3)11-15(4)16(17)5/h11-13,18H,6-10H2,1-5H3. The topological polar surface area (TPSA) is 21.3 Å². The molecule has 0 bridgehead atoms. The van der Waals surface area contributed by atoms with Crippen molar-refractivity contribution in [3.05, 3.63) is 28.8 Å². The van der Waals surface area contributed by atoms with E-state index >= 15 is 0 Å². The number of hydrogen-bond donors (Lipinski definition) is 1. The van der Waals surface area contributed by atoms with Gasteiger partial charge in [-0.25, -0.2) is 0 Å². The Balaban J connectivity index is 2.23. The predicted molar refractivity (Wildman–Crippen MR) is 83.1 cm³/mol. The van der Waals surface area contributed by atoms with Gasteiger partial charge in [0.1, 0.15) is 5.75 Å². The molecule has 0 aliphatic rings. The highest BCUT2D eigenvalue weighted by Crippen LogP contribution is 2.23. The lowest BCUT2D eigenvalue weighted by Crippen LogP contribution is -2.23. The van der Waals surface area contributed by atoms with Gasteiger partial charge in [-0.3, -0.25) is 0 Å². The summed E-state index contributed by atoms with van der Waals surface area (Å²) in [6, 6.07) is 4.94. The number of unbranched alkanes of at least 4 members (excludes halogenated alkanes) is 2. The molecule has 0 radical (unpaired) electrons. The summed E-state index contributed by atoms with van der Waals surface area (Å²) in [7, 11) is 0. The van der Waals surface area contributed by atoms with E-state index in [4.69, 9.17) is 4.74 Å². The first-order valence-electron chi connectivity index (χ1n) is 7.44. The van der Waals surface area contributed by atoms with E-state index in [1.54, 1.807) is 0 Å². The Labute approximate surface area is 118 Å². The lowest BCUT2D eigenvalue weighted by atomic mass is 10.1. The van der Waals surface area contributed by atoms with Crippen LogP contribution in [-0.2, 0) is 0 Å². The van der Waals surface area contributed by atoms with Crippen molar-refractivity contribution in [1.82, 2.24) is 5.32 Å². The van der Waals surface area contributed by atoms with Crippen molar-refractivity contribution in [3.63, 3.8) is 0 Å². The monoisotopic (exact) mass is 263 g/mol. The van der Waals surface area contributed by atoms with Crippen LogP contribution in [0.15, 0.2) is 12.1 Å². The van der Waals surface area contributed by atoms with Gasteiger partial charge in [0.25, 0.3) is 0 Å². The molecule has 1 rings (SSSR count). The Kier molecular flexibility index (Phi) is 6.93. The van der Waals surface area contributed by atoms with Crippen molar-refractivity contribution < 1.29 is 4.74 Å². The van der Waals surface area contributed by atoms with Gasteiger partial charge in [0, 0.05) is 6.04 Å². The van der Waals surface area contributed by atoms with E-state index < -0.39 is 0 Å². The van der Waals surface area contributed by atoms with E-state index in [0.717, 1.165) is 25.3 Å². The summed E-state index contributed by atoms with van der Waals surface area (Å²) in [4.78, 5) is 0. The van der Waals surface area contributed by atoms with E-state index in [-0.39, 0.29) is 0 Å². The molecular weight excluding hydrogens is 234 g/mol. The molecule has 0 aromatic heterocycles. The minimum atomic E-state index is 0.592. The second kappa shape index (κ2) is 8.21. The van der Waals surface area contributed by atoms with Crippen LogP contribution in [0, 0.1) is 20.8 Å². The number of benzene rings is 1. The molecule has 1 N–H and O–H groups in total. The average Bonchev–Trinajstić information content (AvgIpc) is 2.33. The minimum absolute atomic E-state index is 0.592. The van der Waals surface area contributed by atoms with Gasteiger partial charge in [-0.1, -0.05) is 19.9 Å². The minimum Gasteiger partial charge on any atom is -0.493 e. The quantitative estimate of drug-likeness (QED) is 0.711. The third-order valence-corrected chi connectivity index (χ3v) is 3.40. The fourth-order valence-corrected chi connectivity index (χ4v) is 2.13. The molecule has 0 saturated carbocycles. The van der Waals surface area contributed by atoms with E-state index in [1.165, 1.54) is 29.5 Å². The first kappa shape index (κ1) is 16.0. The molecule has 0 atom stereocenters. The zero-order chi connectivity index (χ0) is 14.3. The van der Waals surface area contributed by atoms with Gasteiger partial charge in [0.15, 0.2) is 0 Å². The first-order chi connectivity index (χ1) is 9.00. The molecular formula is C17H29NO. The van der Waals surface area contributed by atoms with Crippen molar-refractivity contribution in [3.8, 4) is 5.75 Å². The molecule has 0 unspecified atom stereocenters. The molecule has 0 aliphatic carbocycles. The van der Waals surface area contributed by atoms with Crippen molar-refractivity contribution in [2.24, 2.45) is 0 Å². The van der Waals surface area contributed by atoms with Gasteiger partial charge in [-0.15, -0.1) is 0 Å². The summed E-state index contributed by atoms with van der Waals surface area (Å²) in [5.41, 5.74) is 3.86. The van der Waals surface area contributed by atoms with Crippen LogP contribution in [0.5, 0.6) is 5.75 Å². The Bertz CT molecular complexity index is 385. The van der Waals surface area contributed by atoms with E-state index in [1.807, 2.05) is 0 Å². The average molecular weight is 263 g/mol. The Morgan fingerprint density at radius 1 is 1.05 bits per heavy atom. The van der Waals surface area contributed by atoms with Crippen molar-refractivity contribution in [1.29, 1.82) is 0 Å². The van der Waals surface area contributed by atoms with Crippen LogP contribution in [0.25, 0.3) is 0 Å². The summed E-state index contributed by atoms with van der Waals surface area (Å²) in [6.07, 6.45) is 3.59. The number of hydrogen-bond acceptors (Lipinski definition) is 2. The van der Waals surface area contributed by atoms with Crippen molar-refractivity contribution in [2.75, 3.05) is 13.2 Å². The van der Waals surface area contributed by atoms with E-state index in [9.17, 15) is 0 Å². The lowest BCUT2D eigenvalue weighted by molar-refractivity contribution is 0.302. The number of ether oxygens (including phenoxy) is 1. The Hall–Kier alpha value is -1.02. The highest BCUT2D eigenvalue weighted by atomic mass is 16.5. The van der Waals surface area contributed by atoms with Gasteiger partial charge in [-0.05, 0) is 69.3 Å². The highest BCUT2D eigenvalue weighted by molar-refractivity contribution is 5.41. The lowest BCUT2D eigenvalue weighted by Gasteiger charge is -2.12. The van der Waals surface area contributed by atoms with Gasteiger partial charge in [0.2, 0.25) is 0 Å². The van der Waals surface area contributed by atoms with Crippen molar-refractivity contribution >= 4 is 0 Å². The molecule has 0 fully saturated rings. The molecule has 2 heteroatoms. The van der Waals surface area contributed by atoms with Crippen LogP contribution in [0.1, 0.15) is 49.8 Å². The maximum absolute atomic E-state index is 5.91. The highest BCUT2D eigenvalue weighted by Gasteiger charge is 2.03. The summed E-state index contributed by atoms with van der Waals surface area (Å²) in [6.45, 7) is 12.7. The van der Waals surface area contributed by atoms with Crippen LogP contribution in [0.3, 0.4) is 0 Å². The fourth-order valence-electron chi connectivity index (χ4n) is 2.13. The third-order valence-electron chi connectivity index (χ3n) is 3.40. The van der Waals surface area contributed by atoms with Gasteiger partial charge < -0.3 is 10.1 Å². The van der Waals surface area contributed by atoms with Crippen LogP contribution in [-0.4, -0.2) is 19.2 Å². The number of rotatable bonds is 8. The van der Waals surface area contributed by atoms with Crippen LogP contribution < -0.4 is 10.1 Å². The van der Waals surface area contributed by atoms with Crippen molar-refractivity contribution in [2.45, 2.75) is 59.9 Å². The zero-order valence-electron chi connectivity index (χ0n) is 13.2. The Morgan fingerprint density at radius 3 is 2.47 bits per heavy atom. The maximum Gasteiger partial charge on any atom is 0.122 e. The molecule has 19 heavy (non-hydrogen) atoms. The molecule has 0 saturated heterocycles. The molecule has 0 aliphatic heterocycles. The second-order valence-electron chi connectivity index (χ2n) is 5.72. The zero-order valence-corrected chi connectivity index (χ0v) is 13.2. The summed E-state index contributed by atoms with van der Waals surface area (Å²) in [5, 5.41) is 3.44. The maximum atomic E-state index is 5.91. The number of nitrogens with one attached hydrogen (secondary N) is 1. The summed E-state index contributed by atoms with van der Waals surface area (Å²) >= 11 is 0. The second-order valence-corrected chi connectivity index (χ2v) is 5.72. The Morgan fingerprint density at radius 2 is 1.79 bits per heavy atom. The molecule has 0 heterocycles. The molecule has 1 aromatic rings. The van der Waals surface area contributed by atoms with Gasteiger partial charge in [-0.2, -0.15) is 0 Å². The van der Waals surface area contributed by atoms with Gasteiger partial charge in [0.05, 0.1) is 6.61 Å². The SMILES string of the molecule is Cc1cc(C)c(C)c(OCCCCCNC(C)C)c1. The molecule has 2 nitrogen and oxygen atoms in total. The van der Waals surface area contributed by atoms with Crippen LogP contribution in [0.2, 0.25) is 0 Å². The molecule has 1 aromatic carbocycles.